The fraction of sp³-hybridized carbons (Fsp3) is 0.412. The first-order valence-corrected chi connectivity index (χ1v) is 8.26. The second-order valence-corrected chi connectivity index (χ2v) is 6.18. The molecule has 0 spiro atoms. The minimum atomic E-state index is 0.543. The topological polar surface area (TPSA) is 68.4 Å². The number of rotatable bonds is 4. The second-order valence-electron chi connectivity index (χ2n) is 6.18. The molecule has 1 saturated heterocycles. The summed E-state index contributed by atoms with van der Waals surface area (Å²) in [6.07, 6.45) is 5.82. The molecular formula is C17H20N6O. The first-order chi connectivity index (χ1) is 11.8. The van der Waals surface area contributed by atoms with E-state index in [1.165, 1.54) is 0 Å². The molecule has 0 saturated carbocycles. The zero-order chi connectivity index (χ0) is 16.4. The van der Waals surface area contributed by atoms with Crippen LogP contribution in [0, 0.1) is 12.8 Å². The molecule has 3 aromatic heterocycles. The summed E-state index contributed by atoms with van der Waals surface area (Å²) in [6, 6.07) is 7.85. The zero-order valence-electron chi connectivity index (χ0n) is 13.7. The number of aromatic nitrogens is 5. The van der Waals surface area contributed by atoms with E-state index < -0.39 is 0 Å². The molecule has 7 heteroatoms. The molecule has 3 aromatic rings. The number of aryl methyl sites for hydroxylation is 1. The fourth-order valence-electron chi connectivity index (χ4n) is 2.97. The van der Waals surface area contributed by atoms with Crippen molar-refractivity contribution in [1.82, 2.24) is 24.8 Å². The highest BCUT2D eigenvalue weighted by atomic mass is 16.5. The highest BCUT2D eigenvalue weighted by Crippen LogP contribution is 2.22. The zero-order valence-corrected chi connectivity index (χ0v) is 13.7. The summed E-state index contributed by atoms with van der Waals surface area (Å²) < 4.78 is 7.59. The Morgan fingerprint density at radius 1 is 1.12 bits per heavy atom. The van der Waals surface area contributed by atoms with E-state index in [1.54, 1.807) is 6.20 Å². The molecule has 124 valence electrons. The van der Waals surface area contributed by atoms with Crippen molar-refractivity contribution in [3.8, 4) is 5.88 Å². The van der Waals surface area contributed by atoms with Crippen molar-refractivity contribution in [2.45, 2.75) is 19.8 Å². The van der Waals surface area contributed by atoms with Gasteiger partial charge in [-0.1, -0.05) is 0 Å². The summed E-state index contributed by atoms with van der Waals surface area (Å²) in [5, 5.41) is 12.7. The Morgan fingerprint density at radius 2 is 2.00 bits per heavy atom. The van der Waals surface area contributed by atoms with Crippen molar-refractivity contribution < 1.29 is 4.74 Å². The van der Waals surface area contributed by atoms with Crippen molar-refractivity contribution >= 4 is 11.5 Å². The van der Waals surface area contributed by atoms with Crippen molar-refractivity contribution in [2.75, 3.05) is 24.6 Å². The van der Waals surface area contributed by atoms with Crippen LogP contribution in [0.25, 0.3) is 5.65 Å². The van der Waals surface area contributed by atoms with E-state index in [-0.39, 0.29) is 0 Å². The maximum Gasteiger partial charge on any atom is 0.233 e. The van der Waals surface area contributed by atoms with Gasteiger partial charge in [0.25, 0.3) is 0 Å². The molecule has 0 aliphatic carbocycles. The first-order valence-electron chi connectivity index (χ1n) is 8.26. The predicted molar refractivity (Wildman–Crippen MR) is 90.2 cm³/mol. The van der Waals surface area contributed by atoms with Crippen LogP contribution in [0.2, 0.25) is 0 Å². The minimum Gasteiger partial charge on any atom is -0.476 e. The number of nitrogens with zero attached hydrogens (tertiary/aromatic N) is 6. The normalized spacial score (nSPS) is 15.8. The third-order valence-electron chi connectivity index (χ3n) is 4.42. The Kier molecular flexibility index (Phi) is 3.98. The van der Waals surface area contributed by atoms with Crippen LogP contribution in [-0.4, -0.2) is 44.5 Å². The van der Waals surface area contributed by atoms with Crippen LogP contribution >= 0.6 is 0 Å². The van der Waals surface area contributed by atoms with Gasteiger partial charge in [-0.25, -0.2) is 9.50 Å². The van der Waals surface area contributed by atoms with Crippen LogP contribution in [0.15, 0.2) is 36.7 Å². The molecule has 4 heterocycles. The predicted octanol–water partition coefficient (Wildman–Crippen LogP) is 2.12. The number of ether oxygens (including phenoxy) is 1. The summed E-state index contributed by atoms with van der Waals surface area (Å²) in [5.41, 5.74) is 1.78. The molecule has 24 heavy (non-hydrogen) atoms. The molecule has 1 aliphatic rings. The Morgan fingerprint density at radius 3 is 2.79 bits per heavy atom. The Labute approximate surface area is 140 Å². The van der Waals surface area contributed by atoms with Gasteiger partial charge < -0.3 is 9.64 Å². The lowest BCUT2D eigenvalue weighted by molar-refractivity contribution is 0.214. The summed E-state index contributed by atoms with van der Waals surface area (Å²) in [4.78, 5) is 6.55. The van der Waals surface area contributed by atoms with E-state index in [9.17, 15) is 0 Å². The average Bonchev–Trinajstić information content (AvgIpc) is 3.09. The molecule has 0 aromatic carbocycles. The third-order valence-corrected chi connectivity index (χ3v) is 4.42. The van der Waals surface area contributed by atoms with Gasteiger partial charge in [-0.15, -0.1) is 10.2 Å². The molecule has 0 radical (unpaired) electrons. The van der Waals surface area contributed by atoms with Gasteiger partial charge in [0, 0.05) is 31.5 Å². The molecule has 0 bridgehead atoms. The maximum absolute atomic E-state index is 5.77. The van der Waals surface area contributed by atoms with Crippen molar-refractivity contribution in [1.29, 1.82) is 0 Å². The standard InChI is InChI=1S/C17H20N6O/c1-13-2-5-17(20-19-13)24-12-14-6-9-22(10-7-14)16-4-3-15-18-8-11-23(15)21-16/h2-5,8,11,14H,6-7,9-10,12H2,1H3. The number of fused-ring (bicyclic) bond motifs is 1. The lowest BCUT2D eigenvalue weighted by Crippen LogP contribution is -2.36. The van der Waals surface area contributed by atoms with Gasteiger partial charge in [0.1, 0.15) is 5.82 Å². The Balaban J connectivity index is 1.32. The van der Waals surface area contributed by atoms with Gasteiger partial charge in [-0.05, 0) is 43.9 Å². The monoisotopic (exact) mass is 324 g/mol. The largest absolute Gasteiger partial charge is 0.476 e. The highest BCUT2D eigenvalue weighted by molar-refractivity contribution is 5.45. The minimum absolute atomic E-state index is 0.543. The Hall–Kier alpha value is -2.70. The van der Waals surface area contributed by atoms with Gasteiger partial charge in [-0.2, -0.15) is 5.10 Å². The SMILES string of the molecule is Cc1ccc(OCC2CCN(c3ccc4nccn4n3)CC2)nn1. The van der Waals surface area contributed by atoms with Crippen molar-refractivity contribution in [3.05, 3.63) is 42.4 Å². The fourth-order valence-corrected chi connectivity index (χ4v) is 2.97. The van der Waals surface area contributed by atoms with E-state index in [1.807, 2.05) is 41.9 Å². The van der Waals surface area contributed by atoms with Crippen LogP contribution in [0.4, 0.5) is 5.82 Å². The number of hydrogen-bond donors (Lipinski definition) is 0. The molecule has 4 rings (SSSR count). The quantitative estimate of drug-likeness (QED) is 0.732. The molecule has 0 N–H and O–H groups in total. The average molecular weight is 324 g/mol. The second kappa shape index (κ2) is 6.43. The van der Waals surface area contributed by atoms with Crippen molar-refractivity contribution in [3.63, 3.8) is 0 Å². The van der Waals surface area contributed by atoms with Crippen LogP contribution < -0.4 is 9.64 Å². The first kappa shape index (κ1) is 14.9. The molecule has 7 nitrogen and oxygen atoms in total. The van der Waals surface area contributed by atoms with E-state index in [0.717, 1.165) is 43.1 Å². The lowest BCUT2D eigenvalue weighted by Gasteiger charge is -2.32. The summed E-state index contributed by atoms with van der Waals surface area (Å²) in [6.45, 7) is 4.59. The van der Waals surface area contributed by atoms with Crippen LogP contribution in [0.5, 0.6) is 5.88 Å². The van der Waals surface area contributed by atoms with Gasteiger partial charge in [0.15, 0.2) is 5.65 Å². The van der Waals surface area contributed by atoms with Gasteiger partial charge in [0.05, 0.1) is 12.3 Å². The molecule has 0 amide bonds. The molecule has 0 atom stereocenters. The summed E-state index contributed by atoms with van der Waals surface area (Å²) >= 11 is 0. The van der Waals surface area contributed by atoms with Gasteiger partial charge >= 0.3 is 0 Å². The summed E-state index contributed by atoms with van der Waals surface area (Å²) in [7, 11) is 0. The maximum atomic E-state index is 5.77. The van der Waals surface area contributed by atoms with Crippen LogP contribution in [0.1, 0.15) is 18.5 Å². The van der Waals surface area contributed by atoms with Gasteiger partial charge in [-0.3, -0.25) is 0 Å². The van der Waals surface area contributed by atoms with Crippen LogP contribution in [-0.2, 0) is 0 Å². The Bertz CT molecular complexity index is 807. The highest BCUT2D eigenvalue weighted by Gasteiger charge is 2.21. The molecule has 1 fully saturated rings. The van der Waals surface area contributed by atoms with E-state index >= 15 is 0 Å². The van der Waals surface area contributed by atoms with Crippen molar-refractivity contribution in [2.24, 2.45) is 5.92 Å². The summed E-state index contributed by atoms with van der Waals surface area (Å²) in [5.74, 6) is 2.15. The number of anilines is 1. The smallest absolute Gasteiger partial charge is 0.233 e. The number of imidazole rings is 1. The van der Waals surface area contributed by atoms with E-state index in [4.69, 9.17) is 4.74 Å². The van der Waals surface area contributed by atoms with Gasteiger partial charge in [0.2, 0.25) is 5.88 Å². The molecular weight excluding hydrogens is 304 g/mol. The van der Waals surface area contributed by atoms with Crippen LogP contribution in [0.3, 0.4) is 0 Å². The lowest BCUT2D eigenvalue weighted by atomic mass is 9.98. The van der Waals surface area contributed by atoms with E-state index in [0.29, 0.717) is 18.4 Å². The molecule has 0 unspecified atom stereocenters. The van der Waals surface area contributed by atoms with E-state index in [2.05, 4.69) is 25.2 Å². The number of piperidine rings is 1. The third kappa shape index (κ3) is 3.15. The molecule has 1 aliphatic heterocycles. The number of hydrogen-bond acceptors (Lipinski definition) is 6.